The minimum absolute atomic E-state index is 0.136. The van der Waals surface area contributed by atoms with Crippen molar-refractivity contribution in [3.63, 3.8) is 0 Å². The number of ether oxygens (including phenoxy) is 2. The molecule has 11 heteroatoms. The predicted molar refractivity (Wildman–Crippen MR) is 73.9 cm³/mol. The molecule has 0 amide bonds. The summed E-state index contributed by atoms with van der Waals surface area (Å²) in [6, 6.07) is 3.33. The highest BCUT2D eigenvalue weighted by Gasteiger charge is 2.61. The van der Waals surface area contributed by atoms with Gasteiger partial charge in [-0.3, -0.25) is 15.3 Å². The molecule has 0 saturated carbocycles. The average molecular weight is 360 g/mol. The van der Waals surface area contributed by atoms with Crippen LogP contribution in [0.1, 0.15) is 17.9 Å². The molecule has 3 heterocycles. The summed E-state index contributed by atoms with van der Waals surface area (Å²) in [5.74, 6) is -1.73. The van der Waals surface area contributed by atoms with Crippen molar-refractivity contribution in [2.45, 2.75) is 30.9 Å². The third kappa shape index (κ3) is 2.37. The van der Waals surface area contributed by atoms with E-state index in [1.165, 1.54) is 0 Å². The van der Waals surface area contributed by atoms with Crippen LogP contribution in [0.4, 0.5) is 18.9 Å². The van der Waals surface area contributed by atoms with Crippen LogP contribution in [-0.4, -0.2) is 40.7 Å². The molecule has 25 heavy (non-hydrogen) atoms. The second-order valence-corrected chi connectivity index (χ2v) is 5.98. The number of rotatable bonds is 1. The SMILES string of the molecule is O=[N+]([O-])c1ccc2c(c1)[C@H]1C(=[N+]([O-])O[C@H]3OCC[C@H]31)[C@@H](C(F)(F)F)O2. The first kappa shape index (κ1) is 15.9. The van der Waals surface area contributed by atoms with E-state index in [9.17, 15) is 28.5 Å². The van der Waals surface area contributed by atoms with E-state index < -0.39 is 41.0 Å². The average Bonchev–Trinajstić information content (AvgIpc) is 3.00. The molecule has 4 rings (SSSR count). The van der Waals surface area contributed by atoms with Crippen LogP contribution >= 0.6 is 0 Å². The van der Waals surface area contributed by atoms with E-state index in [0.29, 0.717) is 6.42 Å². The second kappa shape index (κ2) is 5.22. The Morgan fingerprint density at radius 2 is 2.08 bits per heavy atom. The molecule has 3 aliphatic rings. The number of nitro groups is 1. The predicted octanol–water partition coefficient (Wildman–Crippen LogP) is 2.26. The number of benzene rings is 1. The minimum Gasteiger partial charge on any atom is -0.469 e. The van der Waals surface area contributed by atoms with E-state index in [1.54, 1.807) is 0 Å². The molecule has 0 aromatic heterocycles. The fraction of sp³-hybridized carbons (Fsp3) is 0.500. The fourth-order valence-electron chi connectivity index (χ4n) is 3.57. The Morgan fingerprint density at radius 3 is 2.76 bits per heavy atom. The Kier molecular flexibility index (Phi) is 3.33. The van der Waals surface area contributed by atoms with Crippen molar-refractivity contribution in [3.8, 4) is 5.75 Å². The maximum absolute atomic E-state index is 13.4. The minimum atomic E-state index is -4.84. The van der Waals surface area contributed by atoms with Gasteiger partial charge in [0.1, 0.15) is 5.75 Å². The van der Waals surface area contributed by atoms with Gasteiger partial charge in [0.2, 0.25) is 0 Å². The lowest BCUT2D eigenvalue weighted by molar-refractivity contribution is -0.774. The van der Waals surface area contributed by atoms with Crippen molar-refractivity contribution in [2.75, 3.05) is 6.61 Å². The van der Waals surface area contributed by atoms with Crippen LogP contribution in [-0.2, 0) is 9.57 Å². The van der Waals surface area contributed by atoms with Crippen LogP contribution in [0.15, 0.2) is 18.2 Å². The van der Waals surface area contributed by atoms with E-state index in [0.717, 1.165) is 18.2 Å². The van der Waals surface area contributed by atoms with Crippen LogP contribution in [0.3, 0.4) is 0 Å². The van der Waals surface area contributed by atoms with Crippen molar-refractivity contribution in [2.24, 2.45) is 5.92 Å². The number of alkyl halides is 3. The van der Waals surface area contributed by atoms with Crippen molar-refractivity contribution in [1.82, 2.24) is 0 Å². The normalized spacial score (nSPS) is 30.7. The summed E-state index contributed by atoms with van der Waals surface area (Å²) in [4.78, 5) is 15.1. The van der Waals surface area contributed by atoms with Crippen LogP contribution in [0, 0.1) is 21.2 Å². The van der Waals surface area contributed by atoms with Crippen molar-refractivity contribution >= 4 is 11.4 Å². The smallest absolute Gasteiger partial charge is 0.435 e. The molecule has 3 aliphatic heterocycles. The maximum Gasteiger partial charge on any atom is 0.435 e. The monoisotopic (exact) mass is 360 g/mol. The van der Waals surface area contributed by atoms with Gasteiger partial charge < -0.3 is 14.3 Å². The number of nitro benzene ring substituents is 1. The molecule has 4 atom stereocenters. The Morgan fingerprint density at radius 1 is 1.32 bits per heavy atom. The van der Waals surface area contributed by atoms with E-state index >= 15 is 0 Å². The standard InChI is InChI=1S/C14H11F3N2O6/c15-14(16,17)12-11-10(7-3-4-23-13(7)25-19(11)22)8-5-6(18(20)21)1-2-9(8)24-12/h1-2,5,7,10,12-13H,3-4H2/t7-,10-,12-,13+/m0/s1. The Labute approximate surface area is 138 Å². The highest BCUT2D eigenvalue weighted by molar-refractivity contribution is 5.94. The van der Waals surface area contributed by atoms with Gasteiger partial charge in [0.25, 0.3) is 17.5 Å². The number of fused-ring (bicyclic) bond motifs is 5. The molecule has 0 aliphatic carbocycles. The number of halogens is 3. The molecule has 0 radical (unpaired) electrons. The summed E-state index contributed by atoms with van der Waals surface area (Å²) in [7, 11) is 0. The number of hydrogen-bond acceptors (Lipinski definition) is 6. The Balaban J connectivity index is 1.92. The summed E-state index contributed by atoms with van der Waals surface area (Å²) in [6.07, 6.45) is -7.96. The topological polar surface area (TPSA) is 96.9 Å². The molecule has 0 N–H and O–H groups in total. The number of nitrogens with zero attached hydrogens (tertiary/aromatic N) is 2. The largest absolute Gasteiger partial charge is 0.469 e. The lowest BCUT2D eigenvalue weighted by Crippen LogP contribution is -2.55. The molecule has 1 saturated heterocycles. The molecule has 1 fully saturated rings. The first-order chi connectivity index (χ1) is 11.8. The van der Waals surface area contributed by atoms with E-state index in [2.05, 4.69) is 0 Å². The summed E-state index contributed by atoms with van der Waals surface area (Å²) in [5.41, 5.74) is -0.798. The van der Waals surface area contributed by atoms with Gasteiger partial charge in [0.05, 0.1) is 10.8 Å². The fourth-order valence-corrected chi connectivity index (χ4v) is 3.57. The van der Waals surface area contributed by atoms with Gasteiger partial charge in [0, 0.05) is 35.1 Å². The lowest BCUT2D eigenvalue weighted by atomic mass is 9.76. The van der Waals surface area contributed by atoms with Gasteiger partial charge in [-0.1, -0.05) is 0 Å². The summed E-state index contributed by atoms with van der Waals surface area (Å²) < 4.78 is 50.5. The van der Waals surface area contributed by atoms with Crippen LogP contribution in [0.2, 0.25) is 0 Å². The van der Waals surface area contributed by atoms with Gasteiger partial charge in [-0.2, -0.15) is 13.2 Å². The van der Waals surface area contributed by atoms with E-state index in [-0.39, 0.29) is 28.5 Å². The molecule has 134 valence electrons. The van der Waals surface area contributed by atoms with Gasteiger partial charge in [-0.15, -0.1) is 0 Å². The molecule has 0 spiro atoms. The van der Waals surface area contributed by atoms with Gasteiger partial charge >= 0.3 is 6.18 Å². The number of hydrogen-bond donors (Lipinski definition) is 0. The second-order valence-electron chi connectivity index (χ2n) is 5.98. The summed E-state index contributed by atoms with van der Waals surface area (Å²) in [5, 5.41) is 23.1. The highest BCUT2D eigenvalue weighted by atomic mass is 19.4. The maximum atomic E-state index is 13.4. The quantitative estimate of drug-likeness (QED) is 0.433. The zero-order valence-corrected chi connectivity index (χ0v) is 12.4. The molecule has 0 bridgehead atoms. The molecule has 0 unspecified atom stereocenters. The zero-order chi connectivity index (χ0) is 17.9. The van der Waals surface area contributed by atoms with Crippen LogP contribution in [0.25, 0.3) is 0 Å². The highest BCUT2D eigenvalue weighted by Crippen LogP contribution is 2.49. The van der Waals surface area contributed by atoms with E-state index in [1.807, 2.05) is 0 Å². The first-order valence-corrected chi connectivity index (χ1v) is 7.41. The third-order valence-corrected chi connectivity index (χ3v) is 4.59. The van der Waals surface area contributed by atoms with Gasteiger partial charge in [0.15, 0.2) is 6.29 Å². The molecule has 1 aromatic carbocycles. The zero-order valence-electron chi connectivity index (χ0n) is 12.4. The van der Waals surface area contributed by atoms with Gasteiger partial charge in [-0.25, -0.2) is 0 Å². The third-order valence-electron chi connectivity index (χ3n) is 4.59. The van der Waals surface area contributed by atoms with Crippen molar-refractivity contribution in [3.05, 3.63) is 39.1 Å². The summed E-state index contributed by atoms with van der Waals surface area (Å²) in [6.45, 7) is 0.217. The van der Waals surface area contributed by atoms with Crippen LogP contribution < -0.4 is 4.74 Å². The first-order valence-electron chi connectivity index (χ1n) is 7.41. The molecular weight excluding hydrogens is 349 g/mol. The van der Waals surface area contributed by atoms with Crippen molar-refractivity contribution < 1.29 is 37.3 Å². The molecule has 8 nitrogen and oxygen atoms in total. The lowest BCUT2D eigenvalue weighted by Gasteiger charge is -2.39. The van der Waals surface area contributed by atoms with Gasteiger partial charge in [-0.05, 0) is 12.5 Å². The van der Waals surface area contributed by atoms with E-state index in [4.69, 9.17) is 14.3 Å². The van der Waals surface area contributed by atoms with Crippen molar-refractivity contribution in [1.29, 1.82) is 0 Å². The van der Waals surface area contributed by atoms with Crippen LogP contribution in [0.5, 0.6) is 5.75 Å². The Bertz CT molecular complexity index is 780. The molecule has 1 aromatic rings. The summed E-state index contributed by atoms with van der Waals surface area (Å²) >= 11 is 0. The molecular formula is C14H11F3N2O6. The Hall–Kier alpha value is -2.56. The number of non-ortho nitro benzene ring substituents is 1.